The van der Waals surface area contributed by atoms with Crippen LogP contribution < -0.4 is 4.74 Å². The Balaban J connectivity index is 2.25. The minimum atomic E-state index is -4.49. The molecule has 0 fully saturated rings. The molecule has 0 aliphatic rings. The molecule has 24 heavy (non-hydrogen) atoms. The van der Waals surface area contributed by atoms with Crippen LogP contribution in [0.15, 0.2) is 42.6 Å². The van der Waals surface area contributed by atoms with Crippen molar-refractivity contribution in [1.29, 1.82) is 5.26 Å². The summed E-state index contributed by atoms with van der Waals surface area (Å²) in [6, 6.07) is 11.1. The quantitative estimate of drug-likeness (QED) is 0.719. The van der Waals surface area contributed by atoms with E-state index in [1.54, 1.807) is 24.3 Å². The van der Waals surface area contributed by atoms with Gasteiger partial charge in [-0.25, -0.2) is 4.98 Å². The Bertz CT molecular complexity index is 938. The van der Waals surface area contributed by atoms with E-state index in [0.29, 0.717) is 23.6 Å². The molecule has 2 aromatic heterocycles. The van der Waals surface area contributed by atoms with Crippen LogP contribution in [0.3, 0.4) is 0 Å². The monoisotopic (exact) mass is 331 g/mol. The molecule has 3 rings (SSSR count). The second-order valence-electron chi connectivity index (χ2n) is 4.99. The maximum atomic E-state index is 12.9. The summed E-state index contributed by atoms with van der Waals surface area (Å²) in [6.45, 7) is 2.24. The van der Waals surface area contributed by atoms with Crippen molar-refractivity contribution in [3.8, 4) is 23.1 Å². The molecule has 0 unspecified atom stereocenters. The van der Waals surface area contributed by atoms with Gasteiger partial charge in [0.15, 0.2) is 5.69 Å². The highest BCUT2D eigenvalue weighted by molar-refractivity contribution is 5.74. The summed E-state index contributed by atoms with van der Waals surface area (Å²) in [5, 5.41) is 9.45. The molecule has 0 amide bonds. The molecule has 0 atom stereocenters. The number of hydrogen-bond acceptors (Lipinski definition) is 3. The molecule has 0 spiro atoms. The Hall–Kier alpha value is -3.01. The standard InChI is InChI=1S/C17H12F3N3O/c1-2-24-14-6-4-3-5-12(14)16-13(9-21)23-10-11(17(18,19)20)7-8-15(23)22-16/h3-8,10H,2H2,1H3. The number of hydrogen-bond donors (Lipinski definition) is 0. The van der Waals surface area contributed by atoms with Crippen LogP contribution in [0.2, 0.25) is 0 Å². The van der Waals surface area contributed by atoms with E-state index in [9.17, 15) is 18.4 Å². The van der Waals surface area contributed by atoms with Crippen molar-refractivity contribution in [2.75, 3.05) is 6.61 Å². The molecule has 1 aromatic carbocycles. The highest BCUT2D eigenvalue weighted by Gasteiger charge is 2.31. The van der Waals surface area contributed by atoms with Crippen molar-refractivity contribution in [2.24, 2.45) is 0 Å². The third-order valence-corrected chi connectivity index (χ3v) is 3.49. The highest BCUT2D eigenvalue weighted by atomic mass is 19.4. The largest absolute Gasteiger partial charge is 0.493 e. The van der Waals surface area contributed by atoms with Crippen LogP contribution in [0.5, 0.6) is 5.75 Å². The normalized spacial score (nSPS) is 11.5. The summed E-state index contributed by atoms with van der Waals surface area (Å²) >= 11 is 0. The Kier molecular flexibility index (Phi) is 3.89. The smallest absolute Gasteiger partial charge is 0.417 e. The van der Waals surface area contributed by atoms with E-state index in [4.69, 9.17) is 4.74 Å². The molecule has 0 aliphatic carbocycles. The van der Waals surface area contributed by atoms with E-state index in [-0.39, 0.29) is 11.3 Å². The zero-order valence-electron chi connectivity index (χ0n) is 12.6. The van der Waals surface area contributed by atoms with Crippen LogP contribution in [0.4, 0.5) is 13.2 Å². The maximum absolute atomic E-state index is 12.9. The Labute approximate surface area is 135 Å². The lowest BCUT2D eigenvalue weighted by Gasteiger charge is -2.08. The Morgan fingerprint density at radius 3 is 2.62 bits per heavy atom. The van der Waals surface area contributed by atoms with E-state index < -0.39 is 11.7 Å². The highest BCUT2D eigenvalue weighted by Crippen LogP contribution is 2.34. The van der Waals surface area contributed by atoms with Crippen molar-refractivity contribution in [3.63, 3.8) is 0 Å². The second kappa shape index (κ2) is 5.89. The summed E-state index contributed by atoms with van der Waals surface area (Å²) in [4.78, 5) is 4.31. The molecular formula is C17H12F3N3O. The molecule has 4 nitrogen and oxygen atoms in total. The second-order valence-corrected chi connectivity index (χ2v) is 4.99. The van der Waals surface area contributed by atoms with Crippen molar-refractivity contribution in [1.82, 2.24) is 9.38 Å². The number of alkyl halides is 3. The maximum Gasteiger partial charge on any atom is 0.417 e. The number of pyridine rings is 1. The zero-order chi connectivity index (χ0) is 17.3. The number of benzene rings is 1. The Morgan fingerprint density at radius 2 is 1.96 bits per heavy atom. The molecule has 0 bridgehead atoms. The number of ether oxygens (including phenoxy) is 1. The molecule has 0 aliphatic heterocycles. The predicted octanol–water partition coefficient (Wildman–Crippen LogP) is 4.29. The first-order valence-corrected chi connectivity index (χ1v) is 7.17. The van der Waals surface area contributed by atoms with Crippen LogP contribution in [-0.2, 0) is 6.18 Å². The van der Waals surface area contributed by atoms with Gasteiger partial charge in [0.2, 0.25) is 0 Å². The van der Waals surface area contributed by atoms with E-state index in [0.717, 1.165) is 16.7 Å². The molecule has 2 heterocycles. The van der Waals surface area contributed by atoms with E-state index in [1.807, 2.05) is 13.0 Å². The van der Waals surface area contributed by atoms with Gasteiger partial charge in [-0.15, -0.1) is 0 Å². The number of aromatic nitrogens is 2. The fourth-order valence-corrected chi connectivity index (χ4v) is 2.45. The van der Waals surface area contributed by atoms with Gasteiger partial charge >= 0.3 is 6.18 Å². The summed E-state index contributed by atoms with van der Waals surface area (Å²) in [6.07, 6.45) is -3.61. The first-order valence-electron chi connectivity index (χ1n) is 7.17. The predicted molar refractivity (Wildman–Crippen MR) is 81.5 cm³/mol. The van der Waals surface area contributed by atoms with Crippen LogP contribution >= 0.6 is 0 Å². The number of nitrogens with zero attached hydrogens (tertiary/aromatic N) is 3. The van der Waals surface area contributed by atoms with E-state index in [2.05, 4.69) is 4.98 Å². The van der Waals surface area contributed by atoms with Crippen LogP contribution in [0.1, 0.15) is 18.2 Å². The van der Waals surface area contributed by atoms with Gasteiger partial charge in [-0.3, -0.25) is 4.40 Å². The zero-order valence-corrected chi connectivity index (χ0v) is 12.6. The number of para-hydroxylation sites is 1. The molecule has 0 radical (unpaired) electrons. The first-order chi connectivity index (χ1) is 11.5. The van der Waals surface area contributed by atoms with Crippen molar-refractivity contribution >= 4 is 5.65 Å². The number of rotatable bonds is 3. The molecule has 0 N–H and O–H groups in total. The number of fused-ring (bicyclic) bond motifs is 1. The van der Waals surface area contributed by atoms with Gasteiger partial charge in [0.25, 0.3) is 0 Å². The third kappa shape index (κ3) is 2.67. The van der Waals surface area contributed by atoms with Crippen LogP contribution in [0, 0.1) is 11.3 Å². The molecule has 3 aromatic rings. The fraction of sp³-hybridized carbons (Fsp3) is 0.176. The molecule has 0 saturated carbocycles. The topological polar surface area (TPSA) is 50.3 Å². The average molecular weight is 331 g/mol. The number of nitriles is 1. The number of halogens is 3. The lowest BCUT2D eigenvalue weighted by molar-refractivity contribution is -0.137. The van der Waals surface area contributed by atoms with Gasteiger partial charge in [0, 0.05) is 11.8 Å². The SMILES string of the molecule is CCOc1ccccc1-c1nc2ccc(C(F)(F)F)cn2c1C#N. The van der Waals surface area contributed by atoms with Gasteiger partial charge in [0.1, 0.15) is 23.2 Å². The lowest BCUT2D eigenvalue weighted by atomic mass is 10.1. The van der Waals surface area contributed by atoms with Crippen molar-refractivity contribution in [2.45, 2.75) is 13.1 Å². The number of imidazole rings is 1. The van der Waals surface area contributed by atoms with E-state index in [1.165, 1.54) is 6.07 Å². The molecule has 0 saturated heterocycles. The minimum Gasteiger partial charge on any atom is -0.493 e. The minimum absolute atomic E-state index is 0.0308. The summed E-state index contributed by atoms with van der Waals surface area (Å²) in [5.41, 5.74) is 0.312. The first kappa shape index (κ1) is 15.9. The summed E-state index contributed by atoms with van der Waals surface area (Å²) < 4.78 is 45.4. The molecule has 7 heteroatoms. The summed E-state index contributed by atoms with van der Waals surface area (Å²) in [7, 11) is 0. The van der Waals surface area contributed by atoms with Crippen molar-refractivity contribution in [3.05, 3.63) is 53.9 Å². The van der Waals surface area contributed by atoms with Gasteiger partial charge in [-0.2, -0.15) is 18.4 Å². The van der Waals surface area contributed by atoms with Gasteiger partial charge in [0.05, 0.1) is 12.2 Å². The van der Waals surface area contributed by atoms with Gasteiger partial charge in [-0.05, 0) is 31.2 Å². The average Bonchev–Trinajstić information content (AvgIpc) is 2.92. The molecule has 122 valence electrons. The lowest BCUT2D eigenvalue weighted by Crippen LogP contribution is -2.06. The van der Waals surface area contributed by atoms with Crippen molar-refractivity contribution < 1.29 is 17.9 Å². The van der Waals surface area contributed by atoms with Gasteiger partial charge < -0.3 is 4.74 Å². The van der Waals surface area contributed by atoms with E-state index >= 15 is 0 Å². The molecular weight excluding hydrogens is 319 g/mol. The third-order valence-electron chi connectivity index (χ3n) is 3.49. The van der Waals surface area contributed by atoms with Crippen LogP contribution in [-0.4, -0.2) is 16.0 Å². The fourth-order valence-electron chi connectivity index (χ4n) is 2.45. The van der Waals surface area contributed by atoms with Gasteiger partial charge in [-0.1, -0.05) is 12.1 Å². The Morgan fingerprint density at radius 1 is 1.21 bits per heavy atom. The summed E-state index contributed by atoms with van der Waals surface area (Å²) in [5.74, 6) is 0.524. The van der Waals surface area contributed by atoms with Crippen LogP contribution in [0.25, 0.3) is 16.9 Å².